The molecular weight excluding hydrogens is 286 g/mol. The van der Waals surface area contributed by atoms with Gasteiger partial charge in [-0.2, -0.15) is 4.98 Å². The number of likely N-dealkylation sites (tertiary alicyclic amines) is 1. The van der Waals surface area contributed by atoms with Crippen molar-refractivity contribution in [3.63, 3.8) is 0 Å². The Labute approximate surface area is 141 Å². The molecule has 1 aromatic heterocycles. The standard InChI is InChI=1S/C18H33N5/c1-15(2)8-11-19-17-9-12-21-18(22-17)20-10-6-14-23-13-5-4-7-16(23)3/h9,12,15-16H,4-8,10-11,13-14H2,1-3H3,(H2,19,20,21,22). The maximum atomic E-state index is 4.52. The quantitative estimate of drug-likeness (QED) is 0.681. The molecule has 1 saturated heterocycles. The lowest BCUT2D eigenvalue weighted by Crippen LogP contribution is -2.38. The van der Waals surface area contributed by atoms with Crippen molar-refractivity contribution in [2.75, 3.05) is 36.8 Å². The molecule has 0 amide bonds. The van der Waals surface area contributed by atoms with Crippen LogP contribution in [0.15, 0.2) is 12.3 Å². The van der Waals surface area contributed by atoms with Crippen molar-refractivity contribution >= 4 is 11.8 Å². The number of nitrogens with zero attached hydrogens (tertiary/aromatic N) is 3. The zero-order valence-electron chi connectivity index (χ0n) is 15.0. The van der Waals surface area contributed by atoms with Crippen LogP contribution in [0.5, 0.6) is 0 Å². The highest BCUT2D eigenvalue weighted by atomic mass is 15.2. The van der Waals surface area contributed by atoms with Gasteiger partial charge in [0.15, 0.2) is 0 Å². The molecule has 23 heavy (non-hydrogen) atoms. The van der Waals surface area contributed by atoms with Gasteiger partial charge in [-0.15, -0.1) is 0 Å². The summed E-state index contributed by atoms with van der Waals surface area (Å²) in [6.07, 6.45) is 8.20. The van der Waals surface area contributed by atoms with E-state index in [1.165, 1.54) is 32.4 Å². The smallest absolute Gasteiger partial charge is 0.224 e. The molecular formula is C18H33N5. The lowest BCUT2D eigenvalue weighted by molar-refractivity contribution is 0.160. The summed E-state index contributed by atoms with van der Waals surface area (Å²) in [6.45, 7) is 11.1. The second-order valence-corrected chi connectivity index (χ2v) is 7.04. The molecule has 0 aliphatic carbocycles. The largest absolute Gasteiger partial charge is 0.370 e. The normalized spacial score (nSPS) is 19.0. The van der Waals surface area contributed by atoms with Crippen molar-refractivity contribution < 1.29 is 0 Å². The molecule has 0 radical (unpaired) electrons. The number of piperidine rings is 1. The van der Waals surface area contributed by atoms with Crippen LogP contribution in [-0.4, -0.2) is 47.1 Å². The number of aromatic nitrogens is 2. The Hall–Kier alpha value is -1.36. The van der Waals surface area contributed by atoms with Crippen LogP contribution in [0.3, 0.4) is 0 Å². The molecule has 5 nitrogen and oxygen atoms in total. The summed E-state index contributed by atoms with van der Waals surface area (Å²) < 4.78 is 0. The van der Waals surface area contributed by atoms with E-state index < -0.39 is 0 Å². The van der Waals surface area contributed by atoms with Crippen molar-refractivity contribution in [1.82, 2.24) is 14.9 Å². The molecule has 1 atom stereocenters. The predicted octanol–water partition coefficient (Wildman–Crippen LogP) is 3.61. The lowest BCUT2D eigenvalue weighted by atomic mass is 10.0. The molecule has 2 rings (SSSR count). The van der Waals surface area contributed by atoms with Gasteiger partial charge in [0, 0.05) is 31.9 Å². The molecule has 1 fully saturated rings. The van der Waals surface area contributed by atoms with E-state index in [0.717, 1.165) is 43.7 Å². The zero-order chi connectivity index (χ0) is 16.5. The summed E-state index contributed by atoms with van der Waals surface area (Å²) in [5.74, 6) is 2.35. The average Bonchev–Trinajstić information content (AvgIpc) is 2.53. The Balaban J connectivity index is 1.66. The minimum absolute atomic E-state index is 0.708. The molecule has 0 saturated carbocycles. The Morgan fingerprint density at radius 2 is 2.13 bits per heavy atom. The first-order valence-electron chi connectivity index (χ1n) is 9.20. The number of anilines is 2. The molecule has 0 spiro atoms. The molecule has 1 aliphatic heterocycles. The van der Waals surface area contributed by atoms with Crippen LogP contribution >= 0.6 is 0 Å². The van der Waals surface area contributed by atoms with Gasteiger partial charge in [-0.05, 0) is 51.1 Å². The average molecular weight is 319 g/mol. The molecule has 130 valence electrons. The maximum absolute atomic E-state index is 4.52. The zero-order valence-corrected chi connectivity index (χ0v) is 15.0. The second kappa shape index (κ2) is 9.71. The van der Waals surface area contributed by atoms with Crippen LogP contribution in [0.4, 0.5) is 11.8 Å². The number of hydrogen-bond donors (Lipinski definition) is 2. The van der Waals surface area contributed by atoms with Gasteiger partial charge in [0.05, 0.1) is 0 Å². The van der Waals surface area contributed by atoms with Gasteiger partial charge in [0.1, 0.15) is 5.82 Å². The van der Waals surface area contributed by atoms with Gasteiger partial charge < -0.3 is 15.5 Å². The van der Waals surface area contributed by atoms with E-state index in [-0.39, 0.29) is 0 Å². The van der Waals surface area contributed by atoms with Gasteiger partial charge in [-0.3, -0.25) is 0 Å². The number of nitrogens with one attached hydrogen (secondary N) is 2. The van der Waals surface area contributed by atoms with Crippen molar-refractivity contribution in [3.05, 3.63) is 12.3 Å². The summed E-state index contributed by atoms with van der Waals surface area (Å²) in [5, 5.41) is 6.71. The highest BCUT2D eigenvalue weighted by Gasteiger charge is 2.16. The van der Waals surface area contributed by atoms with E-state index in [0.29, 0.717) is 5.92 Å². The fourth-order valence-corrected chi connectivity index (χ4v) is 3.00. The Morgan fingerprint density at radius 1 is 1.26 bits per heavy atom. The third-order valence-electron chi connectivity index (χ3n) is 4.53. The van der Waals surface area contributed by atoms with Crippen molar-refractivity contribution in [1.29, 1.82) is 0 Å². The first-order valence-corrected chi connectivity index (χ1v) is 9.20. The highest BCUT2D eigenvalue weighted by molar-refractivity contribution is 5.39. The Kier molecular flexibility index (Phi) is 7.59. The Bertz CT molecular complexity index is 449. The summed E-state index contributed by atoms with van der Waals surface area (Å²) in [7, 11) is 0. The van der Waals surface area contributed by atoms with Crippen LogP contribution in [0.1, 0.15) is 52.9 Å². The van der Waals surface area contributed by atoms with E-state index in [1.54, 1.807) is 0 Å². The van der Waals surface area contributed by atoms with E-state index in [1.807, 2.05) is 12.3 Å². The SMILES string of the molecule is CC(C)CCNc1ccnc(NCCCN2CCCCC2C)n1. The summed E-state index contributed by atoms with van der Waals surface area (Å²) in [6, 6.07) is 2.68. The number of rotatable bonds is 9. The number of hydrogen-bond acceptors (Lipinski definition) is 5. The summed E-state index contributed by atoms with van der Waals surface area (Å²) in [5.41, 5.74) is 0. The molecule has 1 aromatic rings. The summed E-state index contributed by atoms with van der Waals surface area (Å²) >= 11 is 0. The Morgan fingerprint density at radius 3 is 2.91 bits per heavy atom. The van der Waals surface area contributed by atoms with Crippen LogP contribution in [-0.2, 0) is 0 Å². The molecule has 0 aromatic carbocycles. The lowest BCUT2D eigenvalue weighted by Gasteiger charge is -2.33. The molecule has 1 unspecified atom stereocenters. The van der Waals surface area contributed by atoms with Crippen LogP contribution in [0.25, 0.3) is 0 Å². The van der Waals surface area contributed by atoms with E-state index in [9.17, 15) is 0 Å². The second-order valence-electron chi connectivity index (χ2n) is 7.04. The molecule has 2 heterocycles. The van der Waals surface area contributed by atoms with E-state index in [4.69, 9.17) is 0 Å². The van der Waals surface area contributed by atoms with Crippen molar-refractivity contribution in [2.24, 2.45) is 5.92 Å². The van der Waals surface area contributed by atoms with Gasteiger partial charge in [0.2, 0.25) is 5.95 Å². The molecule has 2 N–H and O–H groups in total. The fraction of sp³-hybridized carbons (Fsp3) is 0.778. The maximum Gasteiger partial charge on any atom is 0.224 e. The minimum Gasteiger partial charge on any atom is -0.370 e. The first-order chi connectivity index (χ1) is 11.1. The van der Waals surface area contributed by atoms with Gasteiger partial charge in [0.25, 0.3) is 0 Å². The van der Waals surface area contributed by atoms with Crippen LogP contribution < -0.4 is 10.6 Å². The fourth-order valence-electron chi connectivity index (χ4n) is 3.00. The predicted molar refractivity (Wildman–Crippen MR) is 98.0 cm³/mol. The van der Waals surface area contributed by atoms with Crippen molar-refractivity contribution in [2.45, 2.75) is 58.9 Å². The topological polar surface area (TPSA) is 53.1 Å². The van der Waals surface area contributed by atoms with Gasteiger partial charge in [-0.1, -0.05) is 20.3 Å². The molecule has 0 bridgehead atoms. The molecule has 1 aliphatic rings. The summed E-state index contributed by atoms with van der Waals surface area (Å²) in [4.78, 5) is 11.4. The van der Waals surface area contributed by atoms with Gasteiger partial charge in [-0.25, -0.2) is 4.98 Å². The third kappa shape index (κ3) is 6.73. The highest BCUT2D eigenvalue weighted by Crippen LogP contribution is 2.16. The monoisotopic (exact) mass is 319 g/mol. The van der Waals surface area contributed by atoms with E-state index >= 15 is 0 Å². The van der Waals surface area contributed by atoms with Crippen molar-refractivity contribution in [3.8, 4) is 0 Å². The molecule has 5 heteroatoms. The van der Waals surface area contributed by atoms with E-state index in [2.05, 4.69) is 46.3 Å². The third-order valence-corrected chi connectivity index (χ3v) is 4.53. The van der Waals surface area contributed by atoms with Gasteiger partial charge >= 0.3 is 0 Å². The van der Waals surface area contributed by atoms with Crippen LogP contribution in [0, 0.1) is 5.92 Å². The minimum atomic E-state index is 0.708. The van der Waals surface area contributed by atoms with Crippen LogP contribution in [0.2, 0.25) is 0 Å². The first kappa shape index (κ1) is 18.0.